The number of nitrogens with zero attached hydrogens (tertiary/aromatic N) is 1. The first-order valence-electron chi connectivity index (χ1n) is 5.93. The van der Waals surface area contributed by atoms with Crippen LogP contribution in [0.5, 0.6) is 0 Å². The smallest absolute Gasteiger partial charge is 0.163 e. The quantitative estimate of drug-likeness (QED) is 0.752. The maximum atomic E-state index is 5.75. The molecule has 0 bridgehead atoms. The average molecular weight is 233 g/mol. The van der Waals surface area contributed by atoms with Crippen molar-refractivity contribution in [2.75, 3.05) is 6.61 Å². The third-order valence-electron chi connectivity index (χ3n) is 2.83. The molecule has 1 heterocycles. The van der Waals surface area contributed by atoms with E-state index in [1.807, 2.05) is 39.0 Å². The molecule has 1 aliphatic rings. The van der Waals surface area contributed by atoms with Crippen LogP contribution in [-0.4, -0.2) is 24.2 Å². The molecule has 2 rings (SSSR count). The summed E-state index contributed by atoms with van der Waals surface area (Å²) >= 11 is 0. The molecule has 0 unspecified atom stereocenters. The lowest BCUT2D eigenvalue weighted by Crippen LogP contribution is -2.25. The lowest BCUT2D eigenvalue weighted by Gasteiger charge is -2.16. The van der Waals surface area contributed by atoms with Crippen LogP contribution in [0.2, 0.25) is 0 Å². The largest absolute Gasteiger partial charge is 0.347 e. The molecule has 92 valence electrons. The lowest BCUT2D eigenvalue weighted by molar-refractivity contribution is -0.131. The van der Waals surface area contributed by atoms with Gasteiger partial charge in [-0.3, -0.25) is 4.99 Å². The molecule has 0 saturated carbocycles. The zero-order valence-corrected chi connectivity index (χ0v) is 10.6. The first-order chi connectivity index (χ1) is 8.07. The predicted octanol–water partition coefficient (Wildman–Crippen LogP) is 2.80. The zero-order chi connectivity index (χ0) is 12.3. The summed E-state index contributed by atoms with van der Waals surface area (Å²) in [5.74, 6) is -0.478. The average Bonchev–Trinajstić information content (AvgIpc) is 2.68. The van der Waals surface area contributed by atoms with E-state index in [2.05, 4.69) is 17.1 Å². The van der Waals surface area contributed by atoms with E-state index in [1.165, 1.54) is 5.56 Å². The normalized spacial score (nSPS) is 23.9. The van der Waals surface area contributed by atoms with E-state index in [-0.39, 0.29) is 6.10 Å². The predicted molar refractivity (Wildman–Crippen MR) is 68.2 cm³/mol. The Labute approximate surface area is 102 Å². The number of aliphatic imine (C=N–C) groups is 1. The van der Waals surface area contributed by atoms with Crippen molar-refractivity contribution in [1.29, 1.82) is 0 Å². The van der Waals surface area contributed by atoms with E-state index in [0.29, 0.717) is 13.2 Å². The molecule has 3 nitrogen and oxygen atoms in total. The summed E-state index contributed by atoms with van der Waals surface area (Å²) in [6, 6.07) is 10.2. The van der Waals surface area contributed by atoms with Gasteiger partial charge >= 0.3 is 0 Å². The Bertz CT molecular complexity index is 398. The Balaban J connectivity index is 1.94. The van der Waals surface area contributed by atoms with Crippen molar-refractivity contribution in [3.8, 4) is 0 Å². The van der Waals surface area contributed by atoms with Crippen LogP contribution in [0, 0.1) is 0 Å². The van der Waals surface area contributed by atoms with E-state index >= 15 is 0 Å². The number of ether oxygens (including phenoxy) is 2. The van der Waals surface area contributed by atoms with E-state index in [4.69, 9.17) is 9.47 Å². The summed E-state index contributed by atoms with van der Waals surface area (Å²) in [6.07, 6.45) is -0.00582. The van der Waals surface area contributed by atoms with Crippen molar-refractivity contribution in [1.82, 2.24) is 0 Å². The van der Waals surface area contributed by atoms with Gasteiger partial charge in [-0.1, -0.05) is 30.3 Å². The third-order valence-corrected chi connectivity index (χ3v) is 2.83. The van der Waals surface area contributed by atoms with Crippen LogP contribution in [0.3, 0.4) is 0 Å². The molecule has 0 amide bonds. The topological polar surface area (TPSA) is 30.8 Å². The van der Waals surface area contributed by atoms with Gasteiger partial charge in [0.15, 0.2) is 5.79 Å². The van der Waals surface area contributed by atoms with Crippen molar-refractivity contribution >= 4 is 5.71 Å². The van der Waals surface area contributed by atoms with Crippen molar-refractivity contribution in [3.63, 3.8) is 0 Å². The fourth-order valence-corrected chi connectivity index (χ4v) is 1.79. The molecule has 0 spiro atoms. The lowest BCUT2D eigenvalue weighted by atomic mass is 10.2. The molecule has 1 aliphatic heterocycles. The summed E-state index contributed by atoms with van der Waals surface area (Å²) in [5, 5.41) is 0. The first-order valence-corrected chi connectivity index (χ1v) is 5.93. The van der Waals surface area contributed by atoms with Crippen LogP contribution >= 0.6 is 0 Å². The SMILES string of the molecule is CC(=NCc1ccccc1)[C@H]1COC(C)(C)O1. The molecule has 3 heteroatoms. The van der Waals surface area contributed by atoms with Crippen LogP contribution in [0.4, 0.5) is 0 Å². The van der Waals surface area contributed by atoms with Gasteiger partial charge < -0.3 is 9.47 Å². The third kappa shape index (κ3) is 3.38. The fourth-order valence-electron chi connectivity index (χ4n) is 1.79. The molecule has 1 aromatic carbocycles. The second-order valence-electron chi connectivity index (χ2n) is 4.76. The molecule has 1 atom stereocenters. The van der Waals surface area contributed by atoms with Crippen LogP contribution in [0.25, 0.3) is 0 Å². The second kappa shape index (κ2) is 4.98. The Morgan fingerprint density at radius 2 is 2.06 bits per heavy atom. The Kier molecular flexibility index (Phi) is 3.60. The van der Waals surface area contributed by atoms with Crippen molar-refractivity contribution < 1.29 is 9.47 Å². The highest BCUT2D eigenvalue weighted by molar-refractivity contribution is 5.86. The second-order valence-corrected chi connectivity index (χ2v) is 4.76. The van der Waals surface area contributed by atoms with E-state index in [9.17, 15) is 0 Å². The van der Waals surface area contributed by atoms with Crippen LogP contribution in [0.1, 0.15) is 26.3 Å². The van der Waals surface area contributed by atoms with Crippen molar-refractivity contribution in [2.24, 2.45) is 4.99 Å². The summed E-state index contributed by atoms with van der Waals surface area (Å²) in [7, 11) is 0. The molecule has 0 radical (unpaired) electrons. The molecule has 1 aromatic rings. The van der Waals surface area contributed by atoms with Gasteiger partial charge in [-0.25, -0.2) is 0 Å². The number of hydrogen-bond acceptors (Lipinski definition) is 3. The van der Waals surface area contributed by atoms with Gasteiger partial charge in [0, 0.05) is 5.71 Å². The van der Waals surface area contributed by atoms with E-state index in [0.717, 1.165) is 5.71 Å². The highest BCUT2D eigenvalue weighted by atomic mass is 16.7. The molecular formula is C14H19NO2. The molecular weight excluding hydrogens is 214 g/mol. The molecule has 0 aliphatic carbocycles. The molecule has 1 fully saturated rings. The van der Waals surface area contributed by atoms with Gasteiger partial charge in [-0.05, 0) is 26.3 Å². The monoisotopic (exact) mass is 233 g/mol. The molecule has 0 aromatic heterocycles. The molecule has 0 N–H and O–H groups in total. The minimum Gasteiger partial charge on any atom is -0.347 e. The molecule has 17 heavy (non-hydrogen) atoms. The number of benzene rings is 1. The summed E-state index contributed by atoms with van der Waals surface area (Å²) < 4.78 is 11.3. The van der Waals surface area contributed by atoms with Crippen LogP contribution in [-0.2, 0) is 16.0 Å². The van der Waals surface area contributed by atoms with Gasteiger partial charge in [0.2, 0.25) is 0 Å². The van der Waals surface area contributed by atoms with Gasteiger partial charge in [0.05, 0.1) is 13.2 Å². The minimum atomic E-state index is -0.478. The van der Waals surface area contributed by atoms with Gasteiger partial charge in [0.25, 0.3) is 0 Å². The van der Waals surface area contributed by atoms with Crippen molar-refractivity contribution in [3.05, 3.63) is 35.9 Å². The number of hydrogen-bond donors (Lipinski definition) is 0. The Morgan fingerprint density at radius 3 is 2.65 bits per heavy atom. The number of rotatable bonds is 3. The fraction of sp³-hybridized carbons (Fsp3) is 0.500. The van der Waals surface area contributed by atoms with Gasteiger partial charge in [0.1, 0.15) is 6.10 Å². The maximum Gasteiger partial charge on any atom is 0.163 e. The Morgan fingerprint density at radius 1 is 1.35 bits per heavy atom. The first kappa shape index (κ1) is 12.3. The summed E-state index contributed by atoms with van der Waals surface area (Å²) in [6.45, 7) is 7.15. The Hall–Kier alpha value is -1.19. The summed E-state index contributed by atoms with van der Waals surface area (Å²) in [5.41, 5.74) is 2.21. The molecule has 1 saturated heterocycles. The van der Waals surface area contributed by atoms with Gasteiger partial charge in [-0.2, -0.15) is 0 Å². The zero-order valence-electron chi connectivity index (χ0n) is 10.6. The van der Waals surface area contributed by atoms with E-state index < -0.39 is 5.79 Å². The van der Waals surface area contributed by atoms with E-state index in [1.54, 1.807) is 0 Å². The van der Waals surface area contributed by atoms with Gasteiger partial charge in [-0.15, -0.1) is 0 Å². The minimum absolute atomic E-state index is 0.00582. The standard InChI is InChI=1S/C14H19NO2/c1-11(13-10-16-14(2,3)17-13)15-9-12-7-5-4-6-8-12/h4-8,13H,9-10H2,1-3H3/t13-/m1/s1. The van der Waals surface area contributed by atoms with Crippen LogP contribution < -0.4 is 0 Å². The van der Waals surface area contributed by atoms with Crippen LogP contribution in [0.15, 0.2) is 35.3 Å². The summed E-state index contributed by atoms with van der Waals surface area (Å²) in [4.78, 5) is 4.55. The van der Waals surface area contributed by atoms with Crippen molar-refractivity contribution in [2.45, 2.75) is 39.2 Å². The highest BCUT2D eigenvalue weighted by Gasteiger charge is 2.33. The highest BCUT2D eigenvalue weighted by Crippen LogP contribution is 2.23. The maximum absolute atomic E-state index is 5.75.